The first-order valence-electron chi connectivity index (χ1n) is 10.1. The van der Waals surface area contributed by atoms with Crippen molar-refractivity contribution >= 4 is 34.0 Å². The molecule has 0 aliphatic carbocycles. The molecule has 3 aromatic heterocycles. The molecule has 182 valence electrons. The van der Waals surface area contributed by atoms with E-state index in [4.69, 9.17) is 21.1 Å². The van der Waals surface area contributed by atoms with Gasteiger partial charge in [-0.1, -0.05) is 11.6 Å². The summed E-state index contributed by atoms with van der Waals surface area (Å²) >= 11 is 5.81. The molecule has 0 aromatic carbocycles. The standard InChI is InChI=1S/C20H19ClF3N5O4S/c1-19(4-6-34(31)7-5-19)27-17(30)16-26-15-3-2-13(10-29(15)28-16)33-18-14(8-12(21)9-25-18)32-11-20(22,23)24/h2-3,8-10H,4-7,11H2,1H3,(H,27,30). The summed E-state index contributed by atoms with van der Waals surface area (Å²) in [6.07, 6.45) is -0.779. The summed E-state index contributed by atoms with van der Waals surface area (Å²) in [7, 11) is -0.865. The van der Waals surface area contributed by atoms with Crippen LogP contribution in [-0.4, -0.2) is 59.5 Å². The van der Waals surface area contributed by atoms with Gasteiger partial charge in [-0.25, -0.2) is 14.5 Å². The number of carbonyl (C=O) groups is 1. The van der Waals surface area contributed by atoms with Crippen molar-refractivity contribution in [1.29, 1.82) is 0 Å². The SMILES string of the molecule is CC1(NC(=O)c2nc3ccc(Oc4ncc(Cl)cc4OCC(F)(F)F)cn3n2)CCS(=O)CC1. The summed E-state index contributed by atoms with van der Waals surface area (Å²) in [6.45, 7) is 0.349. The van der Waals surface area contributed by atoms with E-state index in [0.717, 1.165) is 6.07 Å². The second-order valence-corrected chi connectivity index (χ2v) is 10.1. The van der Waals surface area contributed by atoms with Gasteiger partial charge in [-0.05, 0) is 31.9 Å². The molecular formula is C20H19ClF3N5O4S. The van der Waals surface area contributed by atoms with Crippen LogP contribution in [0.5, 0.6) is 17.4 Å². The Hall–Kier alpha value is -2.93. The molecule has 4 rings (SSSR count). The van der Waals surface area contributed by atoms with Gasteiger partial charge in [0.25, 0.3) is 11.8 Å². The lowest BCUT2D eigenvalue weighted by molar-refractivity contribution is -0.153. The number of aromatic nitrogens is 4. The van der Waals surface area contributed by atoms with Gasteiger partial charge in [-0.2, -0.15) is 13.2 Å². The summed E-state index contributed by atoms with van der Waals surface area (Å²) in [4.78, 5) is 20.8. The molecule has 1 aliphatic heterocycles. The fourth-order valence-electron chi connectivity index (χ4n) is 3.24. The zero-order chi connectivity index (χ0) is 24.5. The Morgan fingerprint density at radius 2 is 2.06 bits per heavy atom. The third kappa shape index (κ3) is 5.95. The van der Waals surface area contributed by atoms with Gasteiger partial charge in [0.15, 0.2) is 18.0 Å². The van der Waals surface area contributed by atoms with E-state index in [1.807, 2.05) is 6.92 Å². The zero-order valence-corrected chi connectivity index (χ0v) is 19.3. The van der Waals surface area contributed by atoms with Crippen LogP contribution in [0.4, 0.5) is 13.2 Å². The lowest BCUT2D eigenvalue weighted by Gasteiger charge is -2.33. The molecule has 1 fully saturated rings. The molecule has 1 N–H and O–H groups in total. The fraction of sp³-hybridized carbons (Fsp3) is 0.400. The number of hydrogen-bond donors (Lipinski definition) is 1. The number of rotatable bonds is 6. The first kappa shape index (κ1) is 24.2. The van der Waals surface area contributed by atoms with Crippen LogP contribution < -0.4 is 14.8 Å². The quantitative estimate of drug-likeness (QED) is 0.533. The first-order chi connectivity index (χ1) is 16.0. The average molecular weight is 518 g/mol. The van der Waals surface area contributed by atoms with E-state index in [0.29, 0.717) is 30.0 Å². The molecule has 1 saturated heterocycles. The third-order valence-corrected chi connectivity index (χ3v) is 6.60. The summed E-state index contributed by atoms with van der Waals surface area (Å²) in [5.74, 6) is 0.150. The van der Waals surface area contributed by atoms with Gasteiger partial charge in [0.05, 0.1) is 11.2 Å². The van der Waals surface area contributed by atoms with Crippen molar-refractivity contribution in [3.8, 4) is 17.4 Å². The number of amides is 1. The number of pyridine rings is 2. The Kier molecular flexibility index (Phi) is 6.67. The molecule has 0 saturated carbocycles. The predicted octanol–water partition coefficient (Wildman–Crippen LogP) is 3.54. The highest BCUT2D eigenvalue weighted by Gasteiger charge is 2.32. The predicted molar refractivity (Wildman–Crippen MR) is 117 cm³/mol. The van der Waals surface area contributed by atoms with Gasteiger partial charge in [-0.15, -0.1) is 5.10 Å². The van der Waals surface area contributed by atoms with Crippen LogP contribution in [0.1, 0.15) is 30.4 Å². The lowest BCUT2D eigenvalue weighted by atomic mass is 9.95. The average Bonchev–Trinajstić information content (AvgIpc) is 3.19. The highest BCUT2D eigenvalue weighted by Crippen LogP contribution is 2.33. The Bertz CT molecular complexity index is 1240. The first-order valence-corrected chi connectivity index (χ1v) is 11.9. The number of carbonyl (C=O) groups excluding carboxylic acids is 1. The second kappa shape index (κ2) is 9.37. The molecule has 0 radical (unpaired) electrons. The third-order valence-electron chi connectivity index (χ3n) is 5.08. The molecule has 0 bridgehead atoms. The van der Waals surface area contributed by atoms with Gasteiger partial charge in [0.1, 0.15) is 5.75 Å². The summed E-state index contributed by atoms with van der Waals surface area (Å²) in [5, 5.41) is 7.15. The molecule has 3 aromatic rings. The number of nitrogens with zero attached hydrogens (tertiary/aromatic N) is 4. The molecule has 4 heterocycles. The minimum absolute atomic E-state index is 0.0658. The largest absolute Gasteiger partial charge is 0.478 e. The van der Waals surface area contributed by atoms with E-state index < -0.39 is 35.0 Å². The highest BCUT2D eigenvalue weighted by molar-refractivity contribution is 7.85. The van der Waals surface area contributed by atoms with Crippen molar-refractivity contribution in [2.75, 3.05) is 18.1 Å². The lowest BCUT2D eigenvalue weighted by Crippen LogP contribution is -2.50. The van der Waals surface area contributed by atoms with E-state index in [-0.39, 0.29) is 28.2 Å². The molecule has 1 amide bonds. The summed E-state index contributed by atoms with van der Waals surface area (Å²) in [6, 6.07) is 4.18. The molecule has 14 heteroatoms. The van der Waals surface area contributed by atoms with Crippen LogP contribution in [0.15, 0.2) is 30.6 Å². The maximum Gasteiger partial charge on any atom is 0.422 e. The van der Waals surface area contributed by atoms with E-state index in [2.05, 4.69) is 20.4 Å². The highest BCUT2D eigenvalue weighted by atomic mass is 35.5. The molecule has 0 atom stereocenters. The number of alkyl halides is 3. The van der Waals surface area contributed by atoms with Gasteiger partial charge in [0.2, 0.25) is 5.82 Å². The summed E-state index contributed by atoms with van der Waals surface area (Å²) in [5.41, 5.74) is -0.144. The maximum atomic E-state index is 12.7. The van der Waals surface area contributed by atoms with Gasteiger partial charge >= 0.3 is 6.18 Å². The van der Waals surface area contributed by atoms with Gasteiger partial charge < -0.3 is 14.8 Å². The Morgan fingerprint density at radius 3 is 2.76 bits per heavy atom. The molecule has 9 nitrogen and oxygen atoms in total. The minimum atomic E-state index is -4.55. The van der Waals surface area contributed by atoms with Crippen molar-refractivity contribution in [3.05, 3.63) is 41.4 Å². The molecular weight excluding hydrogens is 499 g/mol. The van der Waals surface area contributed by atoms with E-state index in [9.17, 15) is 22.2 Å². The number of ether oxygens (including phenoxy) is 2. The van der Waals surface area contributed by atoms with Gasteiger partial charge in [-0.3, -0.25) is 9.00 Å². The fourth-order valence-corrected chi connectivity index (χ4v) is 4.95. The Morgan fingerprint density at radius 1 is 1.32 bits per heavy atom. The van der Waals surface area contributed by atoms with Crippen molar-refractivity contribution in [1.82, 2.24) is 24.9 Å². The van der Waals surface area contributed by atoms with Crippen molar-refractivity contribution < 1.29 is 31.6 Å². The zero-order valence-electron chi connectivity index (χ0n) is 17.8. The maximum absolute atomic E-state index is 12.7. The van der Waals surface area contributed by atoms with Crippen LogP contribution in [0, 0.1) is 0 Å². The second-order valence-electron chi connectivity index (χ2n) is 7.93. The molecule has 34 heavy (non-hydrogen) atoms. The van der Waals surface area contributed by atoms with E-state index in [1.54, 1.807) is 0 Å². The smallest absolute Gasteiger partial charge is 0.422 e. The Balaban J connectivity index is 1.51. The summed E-state index contributed by atoms with van der Waals surface area (Å²) < 4.78 is 60.9. The van der Waals surface area contributed by atoms with Crippen LogP contribution in [-0.2, 0) is 10.8 Å². The molecule has 0 unspecified atom stereocenters. The van der Waals surface area contributed by atoms with Crippen LogP contribution >= 0.6 is 11.6 Å². The van der Waals surface area contributed by atoms with Crippen LogP contribution in [0.3, 0.4) is 0 Å². The monoisotopic (exact) mass is 517 g/mol. The van der Waals surface area contributed by atoms with Crippen LogP contribution in [0.25, 0.3) is 5.65 Å². The van der Waals surface area contributed by atoms with E-state index >= 15 is 0 Å². The minimum Gasteiger partial charge on any atom is -0.478 e. The number of nitrogens with one attached hydrogen (secondary N) is 1. The molecule has 1 aliphatic rings. The van der Waals surface area contributed by atoms with Crippen molar-refractivity contribution in [3.63, 3.8) is 0 Å². The van der Waals surface area contributed by atoms with E-state index in [1.165, 1.54) is 29.0 Å². The van der Waals surface area contributed by atoms with Crippen molar-refractivity contribution in [2.24, 2.45) is 0 Å². The van der Waals surface area contributed by atoms with Crippen molar-refractivity contribution in [2.45, 2.75) is 31.5 Å². The normalized spacial score (nSPS) is 20.8. The van der Waals surface area contributed by atoms with Gasteiger partial charge in [0, 0.05) is 40.1 Å². The molecule has 0 spiro atoms. The van der Waals surface area contributed by atoms with Crippen LogP contribution in [0.2, 0.25) is 5.02 Å². The number of halogens is 4. The Labute approximate surface area is 199 Å². The topological polar surface area (TPSA) is 108 Å². The number of hydrogen-bond acceptors (Lipinski definition) is 7. The number of fused-ring (bicyclic) bond motifs is 1.